The largest absolute Gasteiger partial charge is 0.507 e. The van der Waals surface area contributed by atoms with E-state index in [0.717, 1.165) is 12.0 Å². The molecule has 3 aromatic rings. The number of aliphatic carboxylic acids is 1. The zero-order chi connectivity index (χ0) is 17.8. The number of carboxylic acids is 1. The number of hydrogen-bond acceptors (Lipinski definition) is 5. The molecule has 26 heavy (non-hydrogen) atoms. The van der Waals surface area contributed by atoms with E-state index >= 15 is 0 Å². The zero-order valence-electron chi connectivity index (χ0n) is 13.6. The fraction of sp³-hybridized carbons (Fsp3) is 0.176. The highest BCUT2D eigenvalue weighted by molar-refractivity contribution is 6.03. The van der Waals surface area contributed by atoms with E-state index in [1.807, 2.05) is 30.3 Å². The molecule has 1 amide bonds. The molecule has 0 spiro atoms. The highest BCUT2D eigenvalue weighted by Gasteiger charge is 2.20. The Morgan fingerprint density at radius 3 is 2.58 bits per heavy atom. The van der Waals surface area contributed by atoms with Crippen molar-refractivity contribution in [1.82, 2.24) is 19.9 Å². The number of amides is 1. The van der Waals surface area contributed by atoms with Gasteiger partial charge in [0.05, 0.1) is 0 Å². The van der Waals surface area contributed by atoms with Crippen LogP contribution in [0, 0.1) is 0 Å². The highest BCUT2D eigenvalue weighted by Crippen LogP contribution is 2.24. The summed E-state index contributed by atoms with van der Waals surface area (Å²) in [5.41, 5.74) is 1.93. The van der Waals surface area contributed by atoms with Gasteiger partial charge in [-0.2, -0.15) is 5.10 Å². The van der Waals surface area contributed by atoms with E-state index in [1.165, 1.54) is 16.9 Å². The van der Waals surface area contributed by atoms with Crippen molar-refractivity contribution in [3.63, 3.8) is 0 Å². The lowest BCUT2D eigenvalue weighted by molar-refractivity contribution is -0.135. The van der Waals surface area contributed by atoms with Gasteiger partial charge in [0.15, 0.2) is 5.65 Å². The topological polar surface area (TPSA) is 117 Å². The quantitative estimate of drug-likeness (QED) is 0.599. The van der Waals surface area contributed by atoms with Gasteiger partial charge in [0.1, 0.15) is 24.2 Å². The van der Waals surface area contributed by atoms with Gasteiger partial charge >= 0.3 is 5.97 Å². The van der Waals surface area contributed by atoms with Gasteiger partial charge in [-0.25, -0.2) is 9.50 Å². The van der Waals surface area contributed by atoms with Gasteiger partial charge in [0.25, 0.3) is 5.91 Å². The van der Waals surface area contributed by atoms with E-state index in [2.05, 4.69) is 15.4 Å². The number of rotatable bonds is 6. The summed E-state index contributed by atoms with van der Waals surface area (Å²) in [6.07, 6.45) is 2.61. The Balaban J connectivity index is 0.00000243. The minimum Gasteiger partial charge on any atom is -0.507 e. The average molecular weight is 377 g/mol. The first kappa shape index (κ1) is 19.2. The molecular weight excluding hydrogens is 360 g/mol. The smallest absolute Gasteiger partial charge is 0.322 e. The molecule has 0 unspecified atom stereocenters. The van der Waals surface area contributed by atoms with Crippen molar-refractivity contribution in [2.24, 2.45) is 0 Å². The van der Waals surface area contributed by atoms with Crippen molar-refractivity contribution in [2.75, 3.05) is 6.54 Å². The van der Waals surface area contributed by atoms with Crippen molar-refractivity contribution in [2.45, 2.75) is 12.8 Å². The second kappa shape index (κ2) is 8.30. The molecular formula is C17H17ClN4O4. The van der Waals surface area contributed by atoms with E-state index in [4.69, 9.17) is 5.11 Å². The molecule has 3 N–H and O–H groups in total. The van der Waals surface area contributed by atoms with Crippen LogP contribution in [-0.4, -0.2) is 43.2 Å². The number of aromatic nitrogens is 3. The number of pyridine rings is 1. The minimum absolute atomic E-state index is 0. The molecule has 0 bridgehead atoms. The van der Waals surface area contributed by atoms with Crippen LogP contribution in [0.2, 0.25) is 0 Å². The summed E-state index contributed by atoms with van der Waals surface area (Å²) in [5, 5.41) is 25.2. The Bertz CT molecular complexity index is 927. The van der Waals surface area contributed by atoms with Crippen LogP contribution in [0.5, 0.6) is 5.75 Å². The van der Waals surface area contributed by atoms with Crippen molar-refractivity contribution >= 4 is 29.9 Å². The third kappa shape index (κ3) is 4.09. The molecule has 0 aliphatic rings. The van der Waals surface area contributed by atoms with Crippen molar-refractivity contribution in [3.8, 4) is 5.75 Å². The number of benzene rings is 1. The van der Waals surface area contributed by atoms with Crippen molar-refractivity contribution < 1.29 is 19.8 Å². The number of carboxylic acid groups (broad SMARTS) is 1. The molecule has 0 fully saturated rings. The summed E-state index contributed by atoms with van der Waals surface area (Å²) >= 11 is 0. The molecule has 2 aromatic heterocycles. The van der Waals surface area contributed by atoms with Crippen LogP contribution in [0.3, 0.4) is 0 Å². The molecule has 0 aliphatic carbocycles. The number of nitrogens with zero attached hydrogens (tertiary/aromatic N) is 3. The first-order valence-corrected chi connectivity index (χ1v) is 7.64. The maximum absolute atomic E-state index is 12.2. The molecule has 9 heteroatoms. The van der Waals surface area contributed by atoms with E-state index in [-0.39, 0.29) is 29.4 Å². The molecule has 136 valence electrons. The Kier molecular flexibility index (Phi) is 6.13. The predicted octanol–water partition coefficient (Wildman–Crippen LogP) is 1.46. The molecule has 3 rings (SSSR count). The number of nitrogens with one attached hydrogen (secondary N) is 1. The summed E-state index contributed by atoms with van der Waals surface area (Å²) < 4.78 is 1.48. The standard InChI is InChI=1S/C17H16N4O4.ClH/c22-13-8-12(7-6-11-4-2-1-3-5-11)21-16(19-10-20-21)15(13)17(25)18-9-14(23)24;/h1-5,8,10,22H,6-7,9H2,(H,18,25)(H,23,24);1H. The molecule has 8 nitrogen and oxygen atoms in total. The van der Waals surface area contributed by atoms with Crippen LogP contribution >= 0.6 is 12.4 Å². The van der Waals surface area contributed by atoms with Gasteiger partial charge in [-0.15, -0.1) is 12.4 Å². The summed E-state index contributed by atoms with van der Waals surface area (Å²) in [5.74, 6) is -2.15. The van der Waals surface area contributed by atoms with Crippen LogP contribution in [0.25, 0.3) is 5.65 Å². The minimum atomic E-state index is -1.18. The zero-order valence-corrected chi connectivity index (χ0v) is 14.4. The maximum atomic E-state index is 12.2. The third-order valence-corrected chi connectivity index (χ3v) is 3.74. The average Bonchev–Trinajstić information content (AvgIpc) is 3.08. The summed E-state index contributed by atoms with van der Waals surface area (Å²) in [6, 6.07) is 11.3. The van der Waals surface area contributed by atoms with Gasteiger partial charge in [0, 0.05) is 11.8 Å². The molecule has 0 saturated heterocycles. The number of aromatic hydroxyl groups is 1. The van der Waals surface area contributed by atoms with Crippen LogP contribution in [-0.2, 0) is 17.6 Å². The number of hydrogen-bond donors (Lipinski definition) is 3. The molecule has 0 atom stereocenters. The van der Waals surface area contributed by atoms with Gasteiger partial charge in [-0.3, -0.25) is 9.59 Å². The van der Waals surface area contributed by atoms with Crippen LogP contribution < -0.4 is 5.32 Å². The van der Waals surface area contributed by atoms with E-state index in [0.29, 0.717) is 12.1 Å². The summed E-state index contributed by atoms with van der Waals surface area (Å²) in [7, 11) is 0. The van der Waals surface area contributed by atoms with Crippen LogP contribution in [0.4, 0.5) is 0 Å². The molecule has 0 aliphatic heterocycles. The third-order valence-electron chi connectivity index (χ3n) is 3.74. The van der Waals surface area contributed by atoms with E-state index < -0.39 is 18.4 Å². The summed E-state index contributed by atoms with van der Waals surface area (Å²) in [6.45, 7) is -0.547. The van der Waals surface area contributed by atoms with Crippen molar-refractivity contribution in [3.05, 3.63) is 59.5 Å². The fourth-order valence-corrected chi connectivity index (χ4v) is 2.59. The maximum Gasteiger partial charge on any atom is 0.322 e. The molecule has 2 heterocycles. The van der Waals surface area contributed by atoms with Crippen LogP contribution in [0.1, 0.15) is 21.6 Å². The van der Waals surface area contributed by atoms with E-state index in [1.54, 1.807) is 0 Å². The Labute approximate surface area is 154 Å². The second-order valence-electron chi connectivity index (χ2n) is 5.45. The Hall–Kier alpha value is -3.13. The molecule has 0 radical (unpaired) electrons. The number of fused-ring (bicyclic) bond motifs is 1. The number of carbonyl (C=O) groups excluding carboxylic acids is 1. The van der Waals surface area contributed by atoms with Crippen LogP contribution in [0.15, 0.2) is 42.7 Å². The SMILES string of the molecule is Cl.O=C(O)CNC(=O)c1c(O)cc(CCc2ccccc2)n2ncnc12. The molecule has 1 aromatic carbocycles. The fourth-order valence-electron chi connectivity index (χ4n) is 2.59. The second-order valence-corrected chi connectivity index (χ2v) is 5.45. The first-order valence-electron chi connectivity index (χ1n) is 7.64. The van der Waals surface area contributed by atoms with Gasteiger partial charge in [0.2, 0.25) is 0 Å². The normalized spacial score (nSPS) is 10.3. The summed E-state index contributed by atoms with van der Waals surface area (Å²) in [4.78, 5) is 26.8. The Morgan fingerprint density at radius 2 is 1.88 bits per heavy atom. The van der Waals surface area contributed by atoms with Crippen molar-refractivity contribution in [1.29, 1.82) is 0 Å². The lowest BCUT2D eigenvalue weighted by Crippen LogP contribution is -2.30. The van der Waals surface area contributed by atoms with E-state index in [9.17, 15) is 14.7 Å². The monoisotopic (exact) mass is 376 g/mol. The Morgan fingerprint density at radius 1 is 1.15 bits per heavy atom. The lowest BCUT2D eigenvalue weighted by atomic mass is 10.1. The number of halogens is 1. The highest BCUT2D eigenvalue weighted by atomic mass is 35.5. The van der Waals surface area contributed by atoms with Gasteiger partial charge < -0.3 is 15.5 Å². The first-order chi connectivity index (χ1) is 12.1. The number of carbonyl (C=O) groups is 2. The lowest BCUT2D eigenvalue weighted by Gasteiger charge is -2.10. The molecule has 0 saturated carbocycles. The predicted molar refractivity (Wildman–Crippen MR) is 95.7 cm³/mol. The number of aryl methyl sites for hydroxylation is 2. The van der Waals surface area contributed by atoms with Gasteiger partial charge in [-0.1, -0.05) is 30.3 Å². The van der Waals surface area contributed by atoms with Gasteiger partial charge in [-0.05, 0) is 18.4 Å².